The molecule has 19 heavy (non-hydrogen) atoms. The lowest BCUT2D eigenvalue weighted by Crippen LogP contribution is -2.13. The Morgan fingerprint density at radius 2 is 1.79 bits per heavy atom. The molecule has 0 radical (unpaired) electrons. The van der Waals surface area contributed by atoms with Crippen LogP contribution in [-0.2, 0) is 0 Å². The summed E-state index contributed by atoms with van der Waals surface area (Å²) in [7, 11) is 1.90. The molecular weight excluding hydrogens is 256 g/mol. The fourth-order valence-corrected chi connectivity index (χ4v) is 2.07. The Hall–Kier alpha value is -0.970. The predicted molar refractivity (Wildman–Crippen MR) is 86.5 cm³/mol. The van der Waals surface area contributed by atoms with Gasteiger partial charge in [0.25, 0.3) is 0 Å². The first-order valence-electron chi connectivity index (χ1n) is 6.82. The smallest absolute Gasteiger partial charge is 0.135 e. The largest absolute Gasteiger partial charge is 0.373 e. The van der Waals surface area contributed by atoms with Crippen molar-refractivity contribution in [2.45, 2.75) is 45.3 Å². The topological polar surface area (TPSA) is 49.8 Å². The van der Waals surface area contributed by atoms with Crippen molar-refractivity contribution in [3.63, 3.8) is 0 Å². The Morgan fingerprint density at radius 3 is 2.32 bits per heavy atom. The summed E-state index contributed by atoms with van der Waals surface area (Å²) in [6.45, 7) is 9.47. The maximum absolute atomic E-state index is 4.63. The monoisotopic (exact) mass is 282 g/mol. The molecule has 1 aromatic rings. The average molecular weight is 282 g/mol. The predicted octanol–water partition coefficient (Wildman–Crippen LogP) is 3.50. The maximum atomic E-state index is 4.63. The van der Waals surface area contributed by atoms with Crippen LogP contribution >= 0.6 is 11.8 Å². The second kappa shape index (κ2) is 7.58. The van der Waals surface area contributed by atoms with E-state index in [4.69, 9.17) is 0 Å². The molecule has 0 bridgehead atoms. The number of anilines is 2. The van der Waals surface area contributed by atoms with E-state index in [1.807, 2.05) is 18.8 Å². The first-order chi connectivity index (χ1) is 8.99. The van der Waals surface area contributed by atoms with Gasteiger partial charge < -0.3 is 10.6 Å². The van der Waals surface area contributed by atoms with Crippen LogP contribution in [-0.4, -0.2) is 35.1 Å². The highest BCUT2D eigenvalue weighted by Crippen LogP contribution is 2.23. The third-order valence-electron chi connectivity index (χ3n) is 3.16. The van der Waals surface area contributed by atoms with Crippen LogP contribution in [0.1, 0.15) is 44.5 Å². The van der Waals surface area contributed by atoms with Crippen molar-refractivity contribution in [2.24, 2.45) is 0 Å². The van der Waals surface area contributed by atoms with E-state index in [1.54, 1.807) is 0 Å². The van der Waals surface area contributed by atoms with Crippen molar-refractivity contribution in [1.82, 2.24) is 9.97 Å². The molecule has 1 unspecified atom stereocenters. The molecular formula is C14H26N4S. The van der Waals surface area contributed by atoms with Gasteiger partial charge in [0, 0.05) is 30.3 Å². The second-order valence-electron chi connectivity index (χ2n) is 5.07. The second-order valence-corrected chi connectivity index (χ2v) is 6.35. The minimum Gasteiger partial charge on any atom is -0.373 e. The van der Waals surface area contributed by atoms with Crippen molar-refractivity contribution < 1.29 is 0 Å². The number of hydrogen-bond acceptors (Lipinski definition) is 5. The summed E-state index contributed by atoms with van der Waals surface area (Å²) in [6, 6.07) is 0. The molecule has 1 atom stereocenters. The van der Waals surface area contributed by atoms with Crippen LogP contribution < -0.4 is 10.6 Å². The van der Waals surface area contributed by atoms with Crippen LogP contribution in [0.4, 0.5) is 11.6 Å². The van der Waals surface area contributed by atoms with Crippen molar-refractivity contribution in [3.8, 4) is 0 Å². The normalized spacial score (nSPS) is 12.6. The van der Waals surface area contributed by atoms with Crippen LogP contribution in [0.25, 0.3) is 0 Å². The summed E-state index contributed by atoms with van der Waals surface area (Å²) >= 11 is 1.89. The molecule has 0 spiro atoms. The molecule has 0 aliphatic carbocycles. The highest BCUT2D eigenvalue weighted by atomic mass is 32.2. The van der Waals surface area contributed by atoms with Gasteiger partial charge in [-0.2, -0.15) is 11.8 Å². The molecule has 1 heterocycles. The van der Waals surface area contributed by atoms with Crippen LogP contribution in [0.5, 0.6) is 0 Å². The van der Waals surface area contributed by atoms with E-state index in [-0.39, 0.29) is 0 Å². The van der Waals surface area contributed by atoms with Crippen LogP contribution in [0.3, 0.4) is 0 Å². The van der Waals surface area contributed by atoms with Gasteiger partial charge in [-0.3, -0.25) is 0 Å². The highest BCUT2D eigenvalue weighted by Gasteiger charge is 2.12. The minimum absolute atomic E-state index is 0.332. The average Bonchev–Trinajstić information content (AvgIpc) is 2.40. The van der Waals surface area contributed by atoms with E-state index in [2.05, 4.69) is 54.6 Å². The molecule has 2 N–H and O–H groups in total. The Balaban J connectivity index is 2.83. The lowest BCUT2D eigenvalue weighted by Gasteiger charge is -2.16. The third-order valence-corrected chi connectivity index (χ3v) is 4.20. The van der Waals surface area contributed by atoms with Gasteiger partial charge in [-0.15, -0.1) is 0 Å². The first kappa shape index (κ1) is 16.1. The van der Waals surface area contributed by atoms with Gasteiger partial charge in [-0.05, 0) is 19.6 Å². The van der Waals surface area contributed by atoms with Gasteiger partial charge >= 0.3 is 0 Å². The van der Waals surface area contributed by atoms with Gasteiger partial charge in [0.1, 0.15) is 17.5 Å². The molecule has 0 aliphatic heterocycles. The van der Waals surface area contributed by atoms with Gasteiger partial charge in [0.15, 0.2) is 0 Å². The Morgan fingerprint density at radius 1 is 1.16 bits per heavy atom. The lowest BCUT2D eigenvalue weighted by molar-refractivity contribution is 0.770. The molecule has 5 heteroatoms. The van der Waals surface area contributed by atoms with E-state index in [9.17, 15) is 0 Å². The van der Waals surface area contributed by atoms with Crippen LogP contribution in [0, 0.1) is 6.92 Å². The Bertz CT molecular complexity index is 407. The Kier molecular flexibility index (Phi) is 6.42. The number of hydrogen-bond donors (Lipinski definition) is 2. The Labute approximate surface area is 121 Å². The zero-order chi connectivity index (χ0) is 14.4. The number of nitrogens with zero attached hydrogens (tertiary/aromatic N) is 2. The number of rotatable bonds is 7. The maximum Gasteiger partial charge on any atom is 0.135 e. The van der Waals surface area contributed by atoms with Crippen molar-refractivity contribution in [1.29, 1.82) is 0 Å². The molecule has 4 nitrogen and oxygen atoms in total. The fourth-order valence-electron chi connectivity index (χ4n) is 1.72. The zero-order valence-corrected chi connectivity index (χ0v) is 13.7. The molecule has 0 amide bonds. The van der Waals surface area contributed by atoms with E-state index >= 15 is 0 Å². The molecule has 0 fully saturated rings. The van der Waals surface area contributed by atoms with Crippen LogP contribution in [0.2, 0.25) is 0 Å². The number of thioether (sulfide) groups is 1. The van der Waals surface area contributed by atoms with E-state index in [0.717, 1.165) is 36.0 Å². The summed E-state index contributed by atoms with van der Waals surface area (Å²) in [4.78, 5) is 9.18. The van der Waals surface area contributed by atoms with Gasteiger partial charge in [0.05, 0.1) is 0 Å². The highest BCUT2D eigenvalue weighted by molar-refractivity contribution is 7.99. The first-order valence-corrected chi connectivity index (χ1v) is 8.11. The van der Waals surface area contributed by atoms with Gasteiger partial charge in [-0.25, -0.2) is 9.97 Å². The minimum atomic E-state index is 0.332. The molecule has 0 saturated carbocycles. The standard InChI is InChI=1S/C14H26N4S/c1-9(2)12-17-13(15-5)11(4)14(18-12)16-8-7-10(3)19-6/h9-10H,7-8H2,1-6H3,(H2,15,16,17,18). The number of nitrogens with one attached hydrogen (secondary N) is 2. The van der Waals surface area contributed by atoms with Crippen molar-refractivity contribution in [2.75, 3.05) is 30.5 Å². The summed E-state index contributed by atoms with van der Waals surface area (Å²) in [5.74, 6) is 3.09. The molecule has 1 aromatic heterocycles. The molecule has 0 aromatic carbocycles. The van der Waals surface area contributed by atoms with Gasteiger partial charge in [0.2, 0.25) is 0 Å². The van der Waals surface area contributed by atoms with E-state index in [1.165, 1.54) is 0 Å². The van der Waals surface area contributed by atoms with E-state index in [0.29, 0.717) is 11.2 Å². The summed E-state index contributed by atoms with van der Waals surface area (Å²) in [6.07, 6.45) is 3.28. The van der Waals surface area contributed by atoms with E-state index < -0.39 is 0 Å². The summed E-state index contributed by atoms with van der Waals surface area (Å²) in [5, 5.41) is 7.26. The number of aromatic nitrogens is 2. The third kappa shape index (κ3) is 4.56. The molecule has 0 aliphatic rings. The van der Waals surface area contributed by atoms with Crippen molar-refractivity contribution >= 4 is 23.4 Å². The quantitative estimate of drug-likeness (QED) is 0.801. The SMILES string of the molecule is CNc1nc(C(C)C)nc(NCCC(C)SC)c1C. The van der Waals surface area contributed by atoms with Crippen molar-refractivity contribution in [3.05, 3.63) is 11.4 Å². The molecule has 0 saturated heterocycles. The molecule has 108 valence electrons. The fraction of sp³-hybridized carbons (Fsp3) is 0.714. The van der Waals surface area contributed by atoms with Crippen LogP contribution in [0.15, 0.2) is 0 Å². The summed E-state index contributed by atoms with van der Waals surface area (Å²) < 4.78 is 0. The summed E-state index contributed by atoms with van der Waals surface area (Å²) in [5.41, 5.74) is 1.09. The zero-order valence-electron chi connectivity index (χ0n) is 12.9. The lowest BCUT2D eigenvalue weighted by atomic mass is 10.2. The molecule has 1 rings (SSSR count). The van der Waals surface area contributed by atoms with Gasteiger partial charge in [-0.1, -0.05) is 20.8 Å².